The molecule has 1 atom stereocenters. The SMILES string of the molecule is O=C(/C=C/c1ccco1)NC[C@](O)(c1ccccc1)C1CCOCC1. The van der Waals surface area contributed by atoms with Crippen LogP contribution in [0.15, 0.2) is 59.2 Å². The number of nitrogens with one attached hydrogen (secondary N) is 1. The Balaban J connectivity index is 1.70. The molecule has 0 bridgehead atoms. The molecule has 1 aromatic heterocycles. The molecule has 25 heavy (non-hydrogen) atoms. The minimum Gasteiger partial charge on any atom is -0.465 e. The van der Waals surface area contributed by atoms with Crippen molar-refractivity contribution in [3.63, 3.8) is 0 Å². The van der Waals surface area contributed by atoms with Gasteiger partial charge in [0.05, 0.1) is 12.8 Å². The molecule has 1 aliphatic rings. The van der Waals surface area contributed by atoms with E-state index in [1.165, 1.54) is 6.08 Å². The van der Waals surface area contributed by atoms with Gasteiger partial charge in [0.1, 0.15) is 11.4 Å². The van der Waals surface area contributed by atoms with Crippen LogP contribution in [0, 0.1) is 5.92 Å². The highest BCUT2D eigenvalue weighted by Gasteiger charge is 2.39. The predicted octanol–water partition coefficient (Wildman–Crippen LogP) is 2.72. The van der Waals surface area contributed by atoms with Gasteiger partial charge in [-0.05, 0) is 42.5 Å². The first-order chi connectivity index (χ1) is 12.2. The predicted molar refractivity (Wildman–Crippen MR) is 94.6 cm³/mol. The Morgan fingerprint density at radius 2 is 1.96 bits per heavy atom. The van der Waals surface area contributed by atoms with Crippen molar-refractivity contribution < 1.29 is 19.1 Å². The standard InChI is InChI=1S/C20H23NO4/c22-19(9-8-18-7-4-12-25-18)21-15-20(23,16-5-2-1-3-6-16)17-10-13-24-14-11-17/h1-9,12,17,23H,10-11,13-15H2,(H,21,22)/b9-8+/t20-/m0/s1. The molecule has 132 valence electrons. The first-order valence-electron chi connectivity index (χ1n) is 8.53. The minimum atomic E-state index is -1.11. The van der Waals surface area contributed by atoms with Crippen LogP contribution in [-0.2, 0) is 15.1 Å². The third kappa shape index (κ3) is 4.38. The molecular weight excluding hydrogens is 318 g/mol. The fourth-order valence-corrected chi connectivity index (χ4v) is 3.21. The fraction of sp³-hybridized carbons (Fsp3) is 0.350. The van der Waals surface area contributed by atoms with Crippen LogP contribution in [0.3, 0.4) is 0 Å². The molecule has 5 heteroatoms. The Labute approximate surface area is 147 Å². The van der Waals surface area contributed by atoms with E-state index >= 15 is 0 Å². The van der Waals surface area contributed by atoms with Gasteiger partial charge >= 0.3 is 0 Å². The van der Waals surface area contributed by atoms with E-state index in [0.717, 1.165) is 18.4 Å². The Kier molecular flexibility index (Phi) is 5.68. The summed E-state index contributed by atoms with van der Waals surface area (Å²) in [5.41, 5.74) is -0.295. The van der Waals surface area contributed by atoms with Gasteiger partial charge in [0.15, 0.2) is 0 Å². The van der Waals surface area contributed by atoms with Crippen LogP contribution < -0.4 is 5.32 Å². The van der Waals surface area contributed by atoms with Crippen molar-refractivity contribution in [2.45, 2.75) is 18.4 Å². The lowest BCUT2D eigenvalue weighted by molar-refractivity contribution is -0.119. The van der Waals surface area contributed by atoms with Crippen LogP contribution in [0.25, 0.3) is 6.08 Å². The van der Waals surface area contributed by atoms with Crippen LogP contribution in [0.4, 0.5) is 0 Å². The summed E-state index contributed by atoms with van der Waals surface area (Å²) in [6, 6.07) is 13.1. The smallest absolute Gasteiger partial charge is 0.244 e. The van der Waals surface area contributed by atoms with Crippen molar-refractivity contribution >= 4 is 12.0 Å². The van der Waals surface area contributed by atoms with E-state index in [0.29, 0.717) is 19.0 Å². The molecule has 0 saturated carbocycles. The highest BCUT2D eigenvalue weighted by Crippen LogP contribution is 2.35. The number of amides is 1. The largest absolute Gasteiger partial charge is 0.465 e. The van der Waals surface area contributed by atoms with Gasteiger partial charge in [0.2, 0.25) is 5.91 Å². The molecule has 0 unspecified atom stereocenters. The number of carbonyl (C=O) groups excluding carboxylic acids is 1. The summed E-state index contributed by atoms with van der Waals surface area (Å²) in [5.74, 6) is 0.383. The number of benzene rings is 1. The first kappa shape index (κ1) is 17.5. The maximum Gasteiger partial charge on any atom is 0.244 e. The molecular formula is C20H23NO4. The molecule has 5 nitrogen and oxygen atoms in total. The van der Waals surface area contributed by atoms with Gasteiger partial charge in [-0.15, -0.1) is 0 Å². The summed E-state index contributed by atoms with van der Waals surface area (Å²) in [4.78, 5) is 12.1. The van der Waals surface area contributed by atoms with Crippen molar-refractivity contribution in [1.29, 1.82) is 0 Å². The molecule has 0 spiro atoms. The maximum atomic E-state index is 12.1. The monoisotopic (exact) mass is 341 g/mol. The topological polar surface area (TPSA) is 71.7 Å². The summed E-state index contributed by atoms with van der Waals surface area (Å²) in [5, 5.41) is 14.2. The molecule has 2 aromatic rings. The molecule has 2 N–H and O–H groups in total. The highest BCUT2D eigenvalue weighted by atomic mass is 16.5. The third-order valence-corrected chi connectivity index (χ3v) is 4.64. The van der Waals surface area contributed by atoms with E-state index < -0.39 is 5.60 Å². The molecule has 1 fully saturated rings. The number of aliphatic hydroxyl groups is 1. The molecule has 1 amide bonds. The molecule has 1 aromatic carbocycles. The van der Waals surface area contributed by atoms with Crippen molar-refractivity contribution in [1.82, 2.24) is 5.32 Å². The summed E-state index contributed by atoms with van der Waals surface area (Å²) < 4.78 is 10.6. The molecule has 1 aliphatic heterocycles. The lowest BCUT2D eigenvalue weighted by atomic mass is 9.77. The van der Waals surface area contributed by atoms with Crippen molar-refractivity contribution in [2.75, 3.05) is 19.8 Å². The van der Waals surface area contributed by atoms with Crippen LogP contribution in [0.2, 0.25) is 0 Å². The highest BCUT2D eigenvalue weighted by molar-refractivity contribution is 5.91. The van der Waals surface area contributed by atoms with Crippen molar-refractivity contribution in [3.8, 4) is 0 Å². The number of carbonyl (C=O) groups is 1. The van der Waals surface area contributed by atoms with E-state index in [2.05, 4.69) is 5.32 Å². The van der Waals surface area contributed by atoms with E-state index in [4.69, 9.17) is 9.15 Å². The summed E-state index contributed by atoms with van der Waals surface area (Å²) in [6.07, 6.45) is 6.10. The lowest BCUT2D eigenvalue weighted by Crippen LogP contribution is -2.47. The number of furan rings is 1. The molecule has 0 radical (unpaired) electrons. The second-order valence-corrected chi connectivity index (χ2v) is 6.24. The van der Waals surface area contributed by atoms with Gasteiger partial charge in [0.25, 0.3) is 0 Å². The fourth-order valence-electron chi connectivity index (χ4n) is 3.21. The van der Waals surface area contributed by atoms with E-state index in [-0.39, 0.29) is 18.4 Å². The number of rotatable bonds is 6. The lowest BCUT2D eigenvalue weighted by Gasteiger charge is -2.39. The van der Waals surface area contributed by atoms with Gasteiger partial charge in [-0.25, -0.2) is 0 Å². The average Bonchev–Trinajstić information content (AvgIpc) is 3.19. The van der Waals surface area contributed by atoms with Gasteiger partial charge in [-0.1, -0.05) is 30.3 Å². The normalized spacial score (nSPS) is 18.1. The Morgan fingerprint density at radius 3 is 2.64 bits per heavy atom. The average molecular weight is 341 g/mol. The summed E-state index contributed by atoms with van der Waals surface area (Å²) in [6.45, 7) is 1.42. The van der Waals surface area contributed by atoms with Gasteiger partial charge in [0, 0.05) is 19.3 Å². The second kappa shape index (κ2) is 8.14. The maximum absolute atomic E-state index is 12.1. The second-order valence-electron chi connectivity index (χ2n) is 6.24. The summed E-state index contributed by atoms with van der Waals surface area (Å²) >= 11 is 0. The Morgan fingerprint density at radius 1 is 1.20 bits per heavy atom. The molecule has 1 saturated heterocycles. The zero-order valence-corrected chi connectivity index (χ0v) is 14.1. The first-order valence-corrected chi connectivity index (χ1v) is 8.53. The van der Waals surface area contributed by atoms with Crippen molar-refractivity contribution in [2.24, 2.45) is 5.92 Å². The minimum absolute atomic E-state index is 0.0398. The Hall–Kier alpha value is -2.37. The van der Waals surface area contributed by atoms with Crippen LogP contribution in [0.1, 0.15) is 24.2 Å². The van der Waals surface area contributed by atoms with E-state index in [1.807, 2.05) is 30.3 Å². The molecule has 2 heterocycles. The number of hydrogen-bond donors (Lipinski definition) is 2. The van der Waals surface area contributed by atoms with E-state index in [9.17, 15) is 9.90 Å². The zero-order chi connectivity index (χ0) is 17.5. The van der Waals surface area contributed by atoms with Gasteiger partial charge in [-0.3, -0.25) is 4.79 Å². The van der Waals surface area contributed by atoms with Crippen molar-refractivity contribution in [3.05, 3.63) is 66.1 Å². The number of ether oxygens (including phenoxy) is 1. The van der Waals surface area contributed by atoms with Gasteiger partial charge in [-0.2, -0.15) is 0 Å². The van der Waals surface area contributed by atoms with Crippen LogP contribution in [-0.4, -0.2) is 30.8 Å². The quantitative estimate of drug-likeness (QED) is 0.793. The summed E-state index contributed by atoms with van der Waals surface area (Å²) in [7, 11) is 0. The molecule has 3 rings (SSSR count). The van der Waals surface area contributed by atoms with E-state index in [1.54, 1.807) is 24.5 Å². The Bertz CT molecular complexity index is 690. The zero-order valence-electron chi connectivity index (χ0n) is 14.1. The number of hydrogen-bond acceptors (Lipinski definition) is 4. The van der Waals surface area contributed by atoms with Gasteiger partial charge < -0.3 is 19.6 Å². The van der Waals surface area contributed by atoms with Crippen LogP contribution >= 0.6 is 0 Å². The molecule has 0 aliphatic carbocycles. The van der Waals surface area contributed by atoms with Crippen LogP contribution in [0.5, 0.6) is 0 Å². The third-order valence-electron chi connectivity index (χ3n) is 4.64.